The summed E-state index contributed by atoms with van der Waals surface area (Å²) in [5, 5.41) is 0. The van der Waals surface area contributed by atoms with Gasteiger partial charge in [-0.1, -0.05) is 6.92 Å². The maximum absolute atomic E-state index is 12.3. The lowest BCUT2D eigenvalue weighted by molar-refractivity contribution is 0.0146. The van der Waals surface area contributed by atoms with Gasteiger partial charge in [0.05, 0.1) is 6.54 Å². The number of nitrogens with zero attached hydrogens (tertiary/aromatic N) is 4. The molecule has 0 bridgehead atoms. The van der Waals surface area contributed by atoms with Crippen molar-refractivity contribution in [3.05, 3.63) is 18.5 Å². The van der Waals surface area contributed by atoms with Crippen molar-refractivity contribution >= 4 is 12.0 Å². The largest absolute Gasteiger partial charge is 0.442 e. The van der Waals surface area contributed by atoms with E-state index in [-0.39, 0.29) is 6.09 Å². The number of anilines is 1. The number of hydrogen-bond donors (Lipinski definition) is 0. The second-order valence-electron chi connectivity index (χ2n) is 6.65. The van der Waals surface area contributed by atoms with Gasteiger partial charge in [0.25, 0.3) is 0 Å². The molecule has 1 amide bonds. The number of hydrogen-bond acceptors (Lipinski definition) is 5. The van der Waals surface area contributed by atoms with E-state index in [0.717, 1.165) is 38.9 Å². The molecule has 23 heavy (non-hydrogen) atoms. The van der Waals surface area contributed by atoms with Crippen LogP contribution in [0.5, 0.6) is 0 Å². The summed E-state index contributed by atoms with van der Waals surface area (Å²) in [6.45, 7) is 9.01. The second-order valence-corrected chi connectivity index (χ2v) is 6.65. The van der Waals surface area contributed by atoms with Gasteiger partial charge >= 0.3 is 6.09 Å². The Hall–Kier alpha value is -1.85. The zero-order valence-electron chi connectivity index (χ0n) is 14.5. The van der Waals surface area contributed by atoms with Gasteiger partial charge < -0.3 is 14.5 Å². The number of piperidine rings is 1. The van der Waals surface area contributed by atoms with E-state index >= 15 is 0 Å². The standard InChI is InChI=1S/C17H28N4O2/c1-4-11-21(15-18-9-8-10-19-15)14-17(2,3)23-16(22)20-12-6-5-7-13-20/h8-10H,4-7,11-14H2,1-3H3. The molecule has 1 fully saturated rings. The third-order valence-electron chi connectivity index (χ3n) is 3.88. The molecule has 0 aromatic carbocycles. The first kappa shape index (κ1) is 17.5. The highest BCUT2D eigenvalue weighted by Gasteiger charge is 2.29. The Morgan fingerprint density at radius 1 is 1.26 bits per heavy atom. The minimum Gasteiger partial charge on any atom is -0.442 e. The van der Waals surface area contributed by atoms with Crippen molar-refractivity contribution in [3.63, 3.8) is 0 Å². The van der Waals surface area contributed by atoms with Crippen LogP contribution in [0.15, 0.2) is 18.5 Å². The van der Waals surface area contributed by atoms with Crippen molar-refractivity contribution in [2.75, 3.05) is 31.1 Å². The molecule has 6 heteroatoms. The van der Waals surface area contributed by atoms with Gasteiger partial charge in [-0.15, -0.1) is 0 Å². The lowest BCUT2D eigenvalue weighted by atomic mass is 10.1. The van der Waals surface area contributed by atoms with E-state index in [4.69, 9.17) is 4.74 Å². The van der Waals surface area contributed by atoms with Crippen LogP contribution in [0.4, 0.5) is 10.7 Å². The third-order valence-corrected chi connectivity index (χ3v) is 3.88. The SMILES string of the molecule is CCCN(CC(C)(C)OC(=O)N1CCCCC1)c1ncccn1. The summed E-state index contributed by atoms with van der Waals surface area (Å²) >= 11 is 0. The molecule has 128 valence electrons. The van der Waals surface area contributed by atoms with Gasteiger partial charge in [-0.25, -0.2) is 14.8 Å². The van der Waals surface area contributed by atoms with Gasteiger partial charge in [0, 0.05) is 32.0 Å². The Kier molecular flexibility index (Phi) is 6.19. The first-order chi connectivity index (χ1) is 11.0. The van der Waals surface area contributed by atoms with Crippen LogP contribution in [-0.4, -0.2) is 52.7 Å². The predicted molar refractivity (Wildman–Crippen MR) is 90.5 cm³/mol. The molecule has 2 rings (SSSR count). The number of likely N-dealkylation sites (tertiary alicyclic amines) is 1. The number of aromatic nitrogens is 2. The van der Waals surface area contributed by atoms with Crippen LogP contribution in [0.2, 0.25) is 0 Å². The van der Waals surface area contributed by atoms with Crippen LogP contribution in [0.3, 0.4) is 0 Å². The molecular formula is C17H28N4O2. The van der Waals surface area contributed by atoms with Crippen LogP contribution in [0.1, 0.15) is 46.5 Å². The van der Waals surface area contributed by atoms with Gasteiger partial charge in [-0.3, -0.25) is 0 Å². The molecule has 0 atom stereocenters. The lowest BCUT2D eigenvalue weighted by Crippen LogP contribution is -2.47. The molecule has 0 spiro atoms. The van der Waals surface area contributed by atoms with E-state index in [2.05, 4.69) is 21.8 Å². The maximum atomic E-state index is 12.3. The smallest absolute Gasteiger partial charge is 0.410 e. The molecule has 2 heterocycles. The zero-order chi connectivity index (χ0) is 16.7. The number of carbonyl (C=O) groups is 1. The highest BCUT2D eigenvalue weighted by molar-refractivity contribution is 5.68. The van der Waals surface area contributed by atoms with Crippen molar-refractivity contribution in [1.82, 2.24) is 14.9 Å². The van der Waals surface area contributed by atoms with Crippen LogP contribution in [0.25, 0.3) is 0 Å². The molecule has 0 radical (unpaired) electrons. The monoisotopic (exact) mass is 320 g/mol. The van der Waals surface area contributed by atoms with Crippen LogP contribution >= 0.6 is 0 Å². The fourth-order valence-electron chi connectivity index (χ4n) is 2.84. The van der Waals surface area contributed by atoms with Crippen molar-refractivity contribution in [2.24, 2.45) is 0 Å². The Labute approximate surface area is 138 Å². The first-order valence-corrected chi connectivity index (χ1v) is 8.52. The molecular weight excluding hydrogens is 292 g/mol. The van der Waals surface area contributed by atoms with Crippen molar-refractivity contribution < 1.29 is 9.53 Å². The minimum atomic E-state index is -0.594. The molecule has 1 aliphatic rings. The van der Waals surface area contributed by atoms with Gasteiger partial charge in [0.15, 0.2) is 0 Å². The highest BCUT2D eigenvalue weighted by atomic mass is 16.6. The first-order valence-electron chi connectivity index (χ1n) is 8.52. The molecule has 1 aliphatic heterocycles. The molecule has 0 N–H and O–H groups in total. The summed E-state index contributed by atoms with van der Waals surface area (Å²) in [6, 6.07) is 1.80. The Morgan fingerprint density at radius 2 is 1.91 bits per heavy atom. The number of carbonyl (C=O) groups excluding carboxylic acids is 1. The van der Waals surface area contributed by atoms with E-state index in [9.17, 15) is 4.79 Å². The van der Waals surface area contributed by atoms with E-state index in [1.807, 2.05) is 18.7 Å². The summed E-state index contributed by atoms with van der Waals surface area (Å²) in [4.78, 5) is 24.9. The molecule has 1 aromatic heterocycles. The normalized spacial score (nSPS) is 15.3. The average Bonchev–Trinajstić information content (AvgIpc) is 2.55. The quantitative estimate of drug-likeness (QED) is 0.806. The fourth-order valence-corrected chi connectivity index (χ4v) is 2.84. The fraction of sp³-hybridized carbons (Fsp3) is 0.706. The summed E-state index contributed by atoms with van der Waals surface area (Å²) in [5.74, 6) is 0.677. The van der Waals surface area contributed by atoms with Crippen molar-refractivity contribution in [3.8, 4) is 0 Å². The van der Waals surface area contributed by atoms with Crippen molar-refractivity contribution in [2.45, 2.75) is 52.1 Å². The van der Waals surface area contributed by atoms with E-state index < -0.39 is 5.60 Å². The number of ether oxygens (including phenoxy) is 1. The van der Waals surface area contributed by atoms with Gasteiger partial charge in [-0.2, -0.15) is 0 Å². The zero-order valence-corrected chi connectivity index (χ0v) is 14.5. The van der Waals surface area contributed by atoms with E-state index in [1.165, 1.54) is 6.42 Å². The average molecular weight is 320 g/mol. The molecule has 0 saturated carbocycles. The molecule has 0 aliphatic carbocycles. The maximum Gasteiger partial charge on any atom is 0.410 e. The highest BCUT2D eigenvalue weighted by Crippen LogP contribution is 2.19. The predicted octanol–water partition coefficient (Wildman–Crippen LogP) is 3.09. The summed E-state index contributed by atoms with van der Waals surface area (Å²) < 4.78 is 5.77. The van der Waals surface area contributed by atoms with E-state index in [1.54, 1.807) is 18.5 Å². The van der Waals surface area contributed by atoms with Gasteiger partial charge in [0.2, 0.25) is 5.95 Å². The van der Waals surface area contributed by atoms with Gasteiger partial charge in [-0.05, 0) is 45.6 Å². The van der Waals surface area contributed by atoms with E-state index in [0.29, 0.717) is 12.5 Å². The second kappa shape index (κ2) is 8.13. The Balaban J connectivity index is 1.98. The topological polar surface area (TPSA) is 58.6 Å². The van der Waals surface area contributed by atoms with Gasteiger partial charge in [0.1, 0.15) is 5.60 Å². The molecule has 1 saturated heterocycles. The minimum absolute atomic E-state index is 0.208. The molecule has 1 aromatic rings. The summed E-state index contributed by atoms with van der Waals surface area (Å²) in [6.07, 6.45) is 7.57. The molecule has 6 nitrogen and oxygen atoms in total. The Bertz CT molecular complexity index is 487. The number of amides is 1. The third kappa shape index (κ3) is 5.37. The summed E-state index contributed by atoms with van der Waals surface area (Å²) in [5.41, 5.74) is -0.594. The Morgan fingerprint density at radius 3 is 2.52 bits per heavy atom. The van der Waals surface area contributed by atoms with Crippen LogP contribution in [-0.2, 0) is 4.74 Å². The van der Waals surface area contributed by atoms with Crippen molar-refractivity contribution in [1.29, 1.82) is 0 Å². The molecule has 0 unspecified atom stereocenters. The lowest BCUT2D eigenvalue weighted by Gasteiger charge is -2.35. The summed E-state index contributed by atoms with van der Waals surface area (Å²) in [7, 11) is 0. The van der Waals surface area contributed by atoms with Crippen LogP contribution in [0, 0.1) is 0 Å². The van der Waals surface area contributed by atoms with Crippen LogP contribution < -0.4 is 4.90 Å². The number of rotatable bonds is 6.